The quantitative estimate of drug-likeness (QED) is 0.533. The minimum absolute atomic E-state index is 0.155. The second kappa shape index (κ2) is 7.68. The summed E-state index contributed by atoms with van der Waals surface area (Å²) in [6.07, 6.45) is 1.79. The van der Waals surface area contributed by atoms with Gasteiger partial charge in [0.1, 0.15) is 5.60 Å². The summed E-state index contributed by atoms with van der Waals surface area (Å²) in [6, 6.07) is 8.10. The zero-order chi connectivity index (χ0) is 17.9. The highest BCUT2D eigenvalue weighted by Crippen LogP contribution is 2.25. The largest absolute Gasteiger partial charge is 0.460 e. The molecule has 1 aromatic heterocycles. The van der Waals surface area contributed by atoms with E-state index in [0.717, 1.165) is 20.2 Å². The van der Waals surface area contributed by atoms with E-state index >= 15 is 0 Å². The number of pyridine rings is 1. The number of aromatic nitrogens is 1. The number of fused-ring (bicyclic) bond motifs is 1. The molecule has 0 saturated carbocycles. The van der Waals surface area contributed by atoms with Crippen molar-refractivity contribution < 1.29 is 9.53 Å². The molecule has 24 heavy (non-hydrogen) atoms. The summed E-state index contributed by atoms with van der Waals surface area (Å²) in [6.45, 7) is 10.3. The molecule has 0 radical (unpaired) electrons. The van der Waals surface area contributed by atoms with Crippen molar-refractivity contribution in [2.75, 3.05) is 11.9 Å². The fraction of sp³-hybridized carbons (Fsp3) is 0.474. The molecule has 1 unspecified atom stereocenters. The second-order valence-corrected chi connectivity index (χ2v) is 8.53. The molecule has 1 aromatic carbocycles. The van der Waals surface area contributed by atoms with Crippen LogP contribution in [0.2, 0.25) is 0 Å². The number of carbonyl (C=O) groups is 1. The number of benzene rings is 1. The van der Waals surface area contributed by atoms with Gasteiger partial charge in [0.25, 0.3) is 0 Å². The Morgan fingerprint density at radius 3 is 2.62 bits per heavy atom. The number of halogens is 1. The lowest BCUT2D eigenvalue weighted by atomic mass is 9.95. The first-order valence-electron chi connectivity index (χ1n) is 8.18. The van der Waals surface area contributed by atoms with E-state index in [4.69, 9.17) is 4.74 Å². The van der Waals surface area contributed by atoms with Crippen LogP contribution in [-0.4, -0.2) is 23.1 Å². The number of hydrogen-bond donors (Lipinski definition) is 1. The Bertz CT molecular complexity index is 723. The van der Waals surface area contributed by atoms with Crippen molar-refractivity contribution in [2.45, 2.75) is 40.2 Å². The van der Waals surface area contributed by atoms with E-state index in [-0.39, 0.29) is 17.8 Å². The van der Waals surface area contributed by atoms with Crippen molar-refractivity contribution in [1.29, 1.82) is 0 Å². The maximum absolute atomic E-state index is 12.5. The van der Waals surface area contributed by atoms with Gasteiger partial charge in [-0.25, -0.2) is 0 Å². The highest BCUT2D eigenvalue weighted by Gasteiger charge is 2.27. The molecule has 0 bridgehead atoms. The Morgan fingerprint density at radius 2 is 2.00 bits per heavy atom. The predicted molar refractivity (Wildman–Crippen MR) is 107 cm³/mol. The second-order valence-electron chi connectivity index (χ2n) is 7.28. The van der Waals surface area contributed by atoms with Crippen LogP contribution in [-0.2, 0) is 9.53 Å². The molecule has 0 amide bonds. The Hall–Kier alpha value is -1.37. The van der Waals surface area contributed by atoms with Crippen LogP contribution < -0.4 is 5.32 Å². The molecule has 0 aliphatic rings. The number of carbonyl (C=O) groups excluding carboxylic acids is 1. The summed E-state index contributed by atoms with van der Waals surface area (Å²) in [5, 5.41) is 4.48. The molecule has 0 saturated heterocycles. The molecule has 5 heteroatoms. The lowest BCUT2D eigenvalue weighted by Gasteiger charge is -2.26. The highest BCUT2D eigenvalue weighted by molar-refractivity contribution is 14.1. The third kappa shape index (κ3) is 5.06. The van der Waals surface area contributed by atoms with Gasteiger partial charge in [-0.05, 0) is 73.5 Å². The molecule has 1 heterocycles. The number of nitrogens with one attached hydrogen (secondary N) is 1. The molecule has 130 valence electrons. The molecule has 1 atom stereocenters. The van der Waals surface area contributed by atoms with Gasteiger partial charge >= 0.3 is 5.97 Å². The van der Waals surface area contributed by atoms with Gasteiger partial charge in [-0.15, -0.1) is 0 Å². The molecule has 2 rings (SSSR count). The van der Waals surface area contributed by atoms with Crippen LogP contribution in [0.3, 0.4) is 0 Å². The lowest BCUT2D eigenvalue weighted by Crippen LogP contribution is -2.34. The summed E-state index contributed by atoms with van der Waals surface area (Å²) < 4.78 is 6.72. The number of hydrogen-bond acceptors (Lipinski definition) is 4. The molecule has 0 fully saturated rings. The summed E-state index contributed by atoms with van der Waals surface area (Å²) in [5.74, 6) is -0.159. The number of esters is 1. The average molecular weight is 440 g/mol. The van der Waals surface area contributed by atoms with Crippen LogP contribution in [0.1, 0.15) is 34.6 Å². The smallest absolute Gasteiger partial charge is 0.311 e. The Labute approximate surface area is 157 Å². The van der Waals surface area contributed by atoms with Gasteiger partial charge < -0.3 is 10.1 Å². The molecule has 1 N–H and O–H groups in total. The first kappa shape index (κ1) is 19.0. The zero-order valence-electron chi connectivity index (χ0n) is 14.9. The number of anilines is 1. The number of ether oxygens (including phenoxy) is 1. The summed E-state index contributed by atoms with van der Waals surface area (Å²) in [5.41, 5.74) is 1.47. The van der Waals surface area contributed by atoms with Crippen LogP contribution in [0, 0.1) is 15.4 Å². The minimum Gasteiger partial charge on any atom is -0.460 e. The van der Waals surface area contributed by atoms with E-state index in [0.29, 0.717) is 6.54 Å². The minimum atomic E-state index is -0.469. The molecule has 0 aliphatic carbocycles. The van der Waals surface area contributed by atoms with E-state index in [9.17, 15) is 4.79 Å². The SMILES string of the molecule is CC(C)C(CNc1ccnc2ccc(I)cc12)C(=O)OC(C)(C)C. The van der Waals surface area contributed by atoms with Gasteiger partial charge in [0.15, 0.2) is 0 Å². The van der Waals surface area contributed by atoms with Crippen LogP contribution in [0.15, 0.2) is 30.5 Å². The van der Waals surface area contributed by atoms with E-state index in [1.165, 1.54) is 0 Å². The van der Waals surface area contributed by atoms with Crippen LogP contribution in [0.25, 0.3) is 10.9 Å². The summed E-state index contributed by atoms with van der Waals surface area (Å²) in [4.78, 5) is 16.9. The Kier molecular flexibility index (Phi) is 6.06. The standard InChI is InChI=1S/C19H25IN2O2/c1-12(2)15(18(23)24-19(3,4)5)11-22-17-8-9-21-16-7-6-13(20)10-14(16)17/h6-10,12,15H,11H2,1-5H3,(H,21,22). The van der Waals surface area contributed by atoms with Crippen molar-refractivity contribution >= 4 is 45.2 Å². The van der Waals surface area contributed by atoms with Gasteiger partial charge in [-0.1, -0.05) is 13.8 Å². The van der Waals surface area contributed by atoms with Crippen LogP contribution in [0.4, 0.5) is 5.69 Å². The van der Waals surface area contributed by atoms with Crippen molar-refractivity contribution in [3.8, 4) is 0 Å². The van der Waals surface area contributed by atoms with Gasteiger partial charge in [-0.3, -0.25) is 9.78 Å². The Morgan fingerprint density at radius 1 is 1.29 bits per heavy atom. The van der Waals surface area contributed by atoms with Crippen LogP contribution >= 0.6 is 22.6 Å². The van der Waals surface area contributed by atoms with Gasteiger partial charge in [-0.2, -0.15) is 0 Å². The van der Waals surface area contributed by atoms with Gasteiger partial charge in [0.05, 0.1) is 11.4 Å². The summed E-state index contributed by atoms with van der Waals surface area (Å²) in [7, 11) is 0. The van der Waals surface area contributed by atoms with E-state index in [2.05, 4.69) is 39.0 Å². The highest BCUT2D eigenvalue weighted by atomic mass is 127. The van der Waals surface area contributed by atoms with Gasteiger partial charge in [0, 0.05) is 27.4 Å². The lowest BCUT2D eigenvalue weighted by molar-refractivity contribution is -0.161. The number of nitrogens with zero attached hydrogens (tertiary/aromatic N) is 1. The predicted octanol–water partition coefficient (Wildman–Crippen LogP) is 4.87. The first-order valence-corrected chi connectivity index (χ1v) is 9.26. The van der Waals surface area contributed by atoms with Gasteiger partial charge in [0.2, 0.25) is 0 Å². The maximum atomic E-state index is 12.5. The van der Waals surface area contributed by atoms with Crippen LogP contribution in [0.5, 0.6) is 0 Å². The molecule has 4 nitrogen and oxygen atoms in total. The molecule has 0 aliphatic heterocycles. The molecule has 0 spiro atoms. The van der Waals surface area contributed by atoms with E-state index in [1.807, 2.05) is 52.8 Å². The van der Waals surface area contributed by atoms with E-state index < -0.39 is 5.60 Å². The van der Waals surface area contributed by atoms with Crippen molar-refractivity contribution in [3.63, 3.8) is 0 Å². The average Bonchev–Trinajstić information content (AvgIpc) is 2.45. The molecule has 2 aromatic rings. The third-order valence-electron chi connectivity index (χ3n) is 3.73. The molecular weight excluding hydrogens is 415 g/mol. The fourth-order valence-corrected chi connectivity index (χ4v) is 2.95. The monoisotopic (exact) mass is 440 g/mol. The van der Waals surface area contributed by atoms with E-state index in [1.54, 1.807) is 6.20 Å². The van der Waals surface area contributed by atoms with Crippen molar-refractivity contribution in [2.24, 2.45) is 11.8 Å². The molecular formula is C19H25IN2O2. The van der Waals surface area contributed by atoms with Crippen molar-refractivity contribution in [1.82, 2.24) is 4.98 Å². The fourth-order valence-electron chi connectivity index (χ4n) is 2.46. The first-order chi connectivity index (χ1) is 11.2. The normalized spacial score (nSPS) is 13.1. The zero-order valence-corrected chi connectivity index (χ0v) is 17.0. The topological polar surface area (TPSA) is 51.2 Å². The number of rotatable bonds is 5. The Balaban J connectivity index is 2.18. The van der Waals surface area contributed by atoms with Crippen molar-refractivity contribution in [3.05, 3.63) is 34.0 Å². The summed E-state index contributed by atoms with van der Waals surface area (Å²) >= 11 is 2.29. The third-order valence-corrected chi connectivity index (χ3v) is 4.40. The maximum Gasteiger partial charge on any atom is 0.311 e.